The van der Waals surface area contributed by atoms with Crippen molar-refractivity contribution >= 4 is 35.4 Å². The average Bonchev–Trinajstić information content (AvgIpc) is 3.62. The number of likely N-dealkylation sites (tertiary alicyclic amines) is 1. The molecule has 1 aliphatic heterocycles. The van der Waals surface area contributed by atoms with Gasteiger partial charge in [-0.25, -0.2) is 9.59 Å². The molecule has 0 aromatic heterocycles. The summed E-state index contributed by atoms with van der Waals surface area (Å²) in [5, 5.41) is 19.6. The zero-order valence-electron chi connectivity index (χ0n) is 34.8. The van der Waals surface area contributed by atoms with Crippen molar-refractivity contribution in [3.63, 3.8) is 0 Å². The molecule has 0 saturated carbocycles. The highest BCUT2D eigenvalue weighted by atomic mass is 19.4. The van der Waals surface area contributed by atoms with E-state index in [2.05, 4.69) is 5.32 Å². The number of likely N-dealkylation sites (N-methyl/N-ethyl adjacent to an activating group) is 1. The van der Waals surface area contributed by atoms with E-state index in [1.807, 2.05) is 58.0 Å². The van der Waals surface area contributed by atoms with Gasteiger partial charge in [0.1, 0.15) is 6.04 Å². The number of amides is 3. The molecule has 3 amide bonds. The first kappa shape index (κ1) is 50.9. The normalized spacial score (nSPS) is 18.2. The number of ketones is 1. The number of hydrogen-bond acceptors (Lipinski definition) is 9. The third-order valence-corrected chi connectivity index (χ3v) is 10.6. The van der Waals surface area contributed by atoms with Gasteiger partial charge in [0, 0.05) is 46.6 Å². The number of halogens is 3. The number of carboxylic acids is 2. The number of rotatable bonds is 20. The lowest BCUT2D eigenvalue weighted by atomic mass is 9.83. The maximum atomic E-state index is 14.1. The molecule has 57 heavy (non-hydrogen) atoms. The minimum absolute atomic E-state index is 0.00406. The zero-order valence-corrected chi connectivity index (χ0v) is 34.8. The Kier molecular flexibility index (Phi) is 20.3. The highest BCUT2D eigenvalue weighted by Crippen LogP contribution is 2.31. The molecule has 14 nitrogen and oxygen atoms in total. The Hall–Kier alpha value is -4.09. The van der Waals surface area contributed by atoms with E-state index in [0.29, 0.717) is 19.4 Å². The molecule has 17 heteroatoms. The number of aliphatic carboxylic acids is 2. The van der Waals surface area contributed by atoms with Gasteiger partial charge in [0.25, 0.3) is 0 Å². The van der Waals surface area contributed by atoms with E-state index in [9.17, 15) is 42.3 Å². The monoisotopic (exact) mass is 816 g/mol. The predicted molar refractivity (Wildman–Crippen MR) is 206 cm³/mol. The third-order valence-electron chi connectivity index (χ3n) is 10.6. The predicted octanol–water partition coefficient (Wildman–Crippen LogP) is 4.32. The summed E-state index contributed by atoms with van der Waals surface area (Å²) in [5.41, 5.74) is 5.79. The summed E-state index contributed by atoms with van der Waals surface area (Å²) in [4.78, 5) is 78.7. The van der Waals surface area contributed by atoms with E-state index in [4.69, 9.17) is 25.1 Å². The Balaban J connectivity index is 0.00000211. The van der Waals surface area contributed by atoms with E-state index in [1.54, 1.807) is 37.6 Å². The molecule has 0 unspecified atom stereocenters. The van der Waals surface area contributed by atoms with Gasteiger partial charge in [0.2, 0.25) is 17.7 Å². The summed E-state index contributed by atoms with van der Waals surface area (Å²) in [6, 6.07) is 7.09. The van der Waals surface area contributed by atoms with Gasteiger partial charge in [-0.2, -0.15) is 13.2 Å². The molecule has 0 aliphatic carbocycles. The van der Waals surface area contributed by atoms with Crippen LogP contribution in [0.25, 0.3) is 0 Å². The van der Waals surface area contributed by atoms with Crippen LogP contribution in [0.4, 0.5) is 13.2 Å². The first-order valence-electron chi connectivity index (χ1n) is 19.1. The quantitative estimate of drug-likeness (QED) is 0.146. The second-order valence-corrected chi connectivity index (χ2v) is 15.7. The van der Waals surface area contributed by atoms with Crippen LogP contribution in [0.2, 0.25) is 0 Å². The number of carboxylic acid groups (broad SMARTS) is 2. The largest absolute Gasteiger partial charge is 0.490 e. The lowest BCUT2D eigenvalue weighted by Gasteiger charge is -2.41. The molecular weight excluding hydrogens is 753 g/mol. The fraction of sp³-hybridized carbons (Fsp3) is 0.700. The highest BCUT2D eigenvalue weighted by molar-refractivity contribution is 5.92. The van der Waals surface area contributed by atoms with Gasteiger partial charge >= 0.3 is 18.1 Å². The summed E-state index contributed by atoms with van der Waals surface area (Å²) >= 11 is 0. The third kappa shape index (κ3) is 15.3. The average molecular weight is 817 g/mol. The lowest BCUT2D eigenvalue weighted by molar-refractivity contribution is -0.192. The molecule has 324 valence electrons. The van der Waals surface area contributed by atoms with Crippen molar-refractivity contribution in [3.05, 3.63) is 35.9 Å². The van der Waals surface area contributed by atoms with E-state index >= 15 is 0 Å². The van der Waals surface area contributed by atoms with E-state index in [-0.39, 0.29) is 48.7 Å². The lowest BCUT2D eigenvalue weighted by Crippen LogP contribution is -2.55. The molecule has 8 atom stereocenters. The van der Waals surface area contributed by atoms with E-state index in [0.717, 1.165) is 12.0 Å². The molecule has 1 saturated heterocycles. The fourth-order valence-electron chi connectivity index (χ4n) is 6.99. The number of nitrogens with two attached hydrogens (primary N) is 1. The Morgan fingerprint density at radius 3 is 1.98 bits per heavy atom. The molecule has 0 radical (unpaired) electrons. The standard InChI is InChI=1S/C38H62N4O8.C2HF3O2/c1-11-24(4)33(41(8)36(46)27(23(2)3)21-31(43)38(6,7)39)30(49-9)22-32(44)42-19-15-18-29(42)34(50-10)25(5)35(45)40-28(37(47)48)20-26-16-13-12-14-17-26;3-2(4,5)1(6)7/h12-14,16-17,23-25,27-30,33-34H,11,15,18-22,39H2,1-10H3,(H,40,45)(H,47,48);(H,6,7)/t24-,25+,27-,28-,29-,30+,33-,34+;/m0./s1. The number of nitrogens with zero attached hydrogens (tertiary/aromatic N) is 2. The molecular formula is C40H63F3N4O10. The van der Waals surface area contributed by atoms with Crippen LogP contribution in [0.3, 0.4) is 0 Å². The van der Waals surface area contributed by atoms with E-state index in [1.165, 1.54) is 14.2 Å². The van der Waals surface area contributed by atoms with Gasteiger partial charge in [-0.05, 0) is 44.1 Å². The molecule has 0 spiro atoms. The summed E-state index contributed by atoms with van der Waals surface area (Å²) in [6.07, 6.45) is -4.21. The minimum Gasteiger partial charge on any atom is -0.480 e. The summed E-state index contributed by atoms with van der Waals surface area (Å²) < 4.78 is 43.5. The molecule has 1 heterocycles. The first-order valence-corrected chi connectivity index (χ1v) is 19.1. The van der Waals surface area contributed by atoms with E-state index < -0.39 is 71.7 Å². The zero-order chi connectivity index (χ0) is 44.0. The second kappa shape index (κ2) is 22.7. The van der Waals surface area contributed by atoms with Crippen LogP contribution in [0, 0.1) is 23.7 Å². The van der Waals surface area contributed by atoms with Gasteiger partial charge in [-0.15, -0.1) is 0 Å². The number of Topliss-reactive ketones (excluding diaryl/α,β-unsaturated/α-hetero) is 1. The van der Waals surface area contributed by atoms with Crippen molar-refractivity contribution in [2.24, 2.45) is 29.4 Å². The van der Waals surface area contributed by atoms with Crippen LogP contribution in [0.1, 0.15) is 86.1 Å². The first-order chi connectivity index (χ1) is 26.3. The number of alkyl halides is 3. The Bertz CT molecular complexity index is 1490. The fourth-order valence-corrected chi connectivity index (χ4v) is 6.99. The summed E-state index contributed by atoms with van der Waals surface area (Å²) in [6.45, 7) is 13.3. The second-order valence-electron chi connectivity index (χ2n) is 15.7. The van der Waals surface area contributed by atoms with Crippen molar-refractivity contribution in [1.82, 2.24) is 15.1 Å². The van der Waals surface area contributed by atoms with Crippen LogP contribution in [0.5, 0.6) is 0 Å². The molecule has 1 aromatic rings. The summed E-state index contributed by atoms with van der Waals surface area (Å²) in [7, 11) is 4.74. The number of ether oxygens (including phenoxy) is 2. The van der Waals surface area contributed by atoms with Crippen molar-refractivity contribution in [1.29, 1.82) is 0 Å². The Morgan fingerprint density at radius 1 is 0.982 bits per heavy atom. The van der Waals surface area contributed by atoms with Crippen molar-refractivity contribution < 1.29 is 61.6 Å². The van der Waals surface area contributed by atoms with Crippen LogP contribution >= 0.6 is 0 Å². The van der Waals surface area contributed by atoms with Crippen LogP contribution in [0.15, 0.2) is 30.3 Å². The highest BCUT2D eigenvalue weighted by Gasteiger charge is 2.43. The van der Waals surface area contributed by atoms with Gasteiger partial charge in [0.15, 0.2) is 5.78 Å². The number of methoxy groups -OCH3 is 2. The Morgan fingerprint density at radius 2 is 1.54 bits per heavy atom. The summed E-state index contributed by atoms with van der Waals surface area (Å²) in [5.74, 6) is -6.41. The number of hydrogen-bond donors (Lipinski definition) is 4. The van der Waals surface area contributed by atoms with Crippen LogP contribution < -0.4 is 11.1 Å². The molecule has 5 N–H and O–H groups in total. The maximum Gasteiger partial charge on any atom is 0.490 e. The smallest absolute Gasteiger partial charge is 0.480 e. The minimum atomic E-state index is -5.08. The topological polar surface area (TPSA) is 206 Å². The van der Waals surface area contributed by atoms with Crippen LogP contribution in [-0.4, -0.2) is 125 Å². The molecule has 1 fully saturated rings. The number of nitrogens with one attached hydrogen (secondary N) is 1. The van der Waals surface area contributed by atoms with Crippen molar-refractivity contribution in [2.75, 3.05) is 27.8 Å². The van der Waals surface area contributed by atoms with Gasteiger partial charge in [-0.1, -0.05) is 71.4 Å². The molecule has 0 bridgehead atoms. The van der Waals surface area contributed by atoms with Crippen molar-refractivity contribution in [2.45, 2.75) is 129 Å². The number of carbonyl (C=O) groups is 6. The molecule has 1 aliphatic rings. The molecule has 2 rings (SSSR count). The Labute approximate surface area is 334 Å². The van der Waals surface area contributed by atoms with Crippen LogP contribution in [-0.2, 0) is 44.7 Å². The van der Waals surface area contributed by atoms with Gasteiger partial charge in [0.05, 0.1) is 42.2 Å². The SMILES string of the molecule is CC[C@H](C)[C@@H]([C@@H](CC(=O)N1CCC[C@H]1[C@H](OC)[C@@H](C)C(=O)N[C@@H](Cc1ccccc1)C(=O)O)OC)N(C)C(=O)[C@@H](CC(=O)C(C)(C)N)C(C)C.O=C(O)C(F)(F)F. The number of benzene rings is 1. The molecule has 1 aromatic carbocycles. The maximum absolute atomic E-state index is 14.1. The van der Waals surface area contributed by atoms with Gasteiger partial charge < -0.3 is 40.5 Å². The van der Waals surface area contributed by atoms with Gasteiger partial charge in [-0.3, -0.25) is 19.2 Å². The number of carbonyl (C=O) groups excluding carboxylic acids is 4. The van der Waals surface area contributed by atoms with Crippen molar-refractivity contribution in [3.8, 4) is 0 Å².